The van der Waals surface area contributed by atoms with Crippen LogP contribution in [-0.2, 0) is 6.42 Å². The van der Waals surface area contributed by atoms with E-state index in [4.69, 9.17) is 4.52 Å². The third-order valence-electron chi connectivity index (χ3n) is 3.51. The lowest BCUT2D eigenvalue weighted by Gasteiger charge is -2.53. The van der Waals surface area contributed by atoms with E-state index in [-0.39, 0.29) is 0 Å². The van der Waals surface area contributed by atoms with E-state index in [0.717, 1.165) is 18.1 Å². The monoisotopic (exact) mass is 193 g/mol. The second-order valence-corrected chi connectivity index (χ2v) is 4.61. The molecule has 1 spiro atoms. The number of hydrogen-bond donors (Lipinski definition) is 1. The van der Waals surface area contributed by atoms with Gasteiger partial charge in [0, 0.05) is 25.4 Å². The van der Waals surface area contributed by atoms with Crippen molar-refractivity contribution in [1.82, 2.24) is 15.5 Å². The summed E-state index contributed by atoms with van der Waals surface area (Å²) in [7, 11) is 0. The Morgan fingerprint density at radius 1 is 1.50 bits per heavy atom. The predicted molar refractivity (Wildman–Crippen MR) is 51.0 cm³/mol. The van der Waals surface area contributed by atoms with E-state index in [9.17, 15) is 0 Å². The van der Waals surface area contributed by atoms with Crippen molar-refractivity contribution >= 4 is 0 Å². The van der Waals surface area contributed by atoms with Crippen LogP contribution in [0.15, 0.2) is 4.52 Å². The molecular weight excluding hydrogens is 178 g/mol. The van der Waals surface area contributed by atoms with Crippen LogP contribution in [-0.4, -0.2) is 23.2 Å². The zero-order valence-corrected chi connectivity index (χ0v) is 8.42. The largest absolute Gasteiger partial charge is 0.339 e. The Kier molecular flexibility index (Phi) is 1.68. The lowest BCUT2D eigenvalue weighted by atomic mass is 9.58. The highest BCUT2D eigenvalue weighted by molar-refractivity contribution is 5.11. The van der Waals surface area contributed by atoms with Crippen molar-refractivity contribution in [2.75, 3.05) is 13.1 Å². The number of hydrogen-bond acceptors (Lipinski definition) is 4. The molecule has 0 atom stereocenters. The van der Waals surface area contributed by atoms with Crippen LogP contribution in [0.1, 0.15) is 37.4 Å². The highest BCUT2D eigenvalue weighted by Gasteiger charge is 2.50. The maximum Gasteiger partial charge on any atom is 0.229 e. The fourth-order valence-corrected chi connectivity index (χ4v) is 2.50. The average molecular weight is 193 g/mol. The van der Waals surface area contributed by atoms with Gasteiger partial charge in [-0.05, 0) is 18.3 Å². The molecule has 0 radical (unpaired) electrons. The van der Waals surface area contributed by atoms with Crippen LogP contribution in [0, 0.1) is 5.41 Å². The summed E-state index contributed by atoms with van der Waals surface area (Å²) in [4.78, 5) is 4.38. The highest BCUT2D eigenvalue weighted by Crippen LogP contribution is 2.52. The van der Waals surface area contributed by atoms with Crippen LogP contribution in [0.4, 0.5) is 0 Å². The smallest absolute Gasteiger partial charge is 0.229 e. The first-order valence-electron chi connectivity index (χ1n) is 5.34. The minimum atomic E-state index is 0.532. The lowest BCUT2D eigenvalue weighted by molar-refractivity contribution is 0.0240. The number of aromatic nitrogens is 2. The number of nitrogens with one attached hydrogen (secondary N) is 1. The van der Waals surface area contributed by atoms with Crippen molar-refractivity contribution < 1.29 is 4.52 Å². The third kappa shape index (κ3) is 1.10. The molecule has 1 saturated carbocycles. The number of rotatable bonds is 2. The summed E-state index contributed by atoms with van der Waals surface area (Å²) in [5, 5.41) is 7.25. The van der Waals surface area contributed by atoms with Crippen molar-refractivity contribution in [3.8, 4) is 0 Å². The van der Waals surface area contributed by atoms with E-state index in [0.29, 0.717) is 11.3 Å². The van der Waals surface area contributed by atoms with E-state index in [2.05, 4.69) is 15.5 Å². The van der Waals surface area contributed by atoms with Gasteiger partial charge in [-0.15, -0.1) is 0 Å². The third-order valence-corrected chi connectivity index (χ3v) is 3.51. The second-order valence-electron chi connectivity index (χ2n) is 4.61. The van der Waals surface area contributed by atoms with Gasteiger partial charge in [-0.25, -0.2) is 0 Å². The molecule has 14 heavy (non-hydrogen) atoms. The molecule has 1 N–H and O–H groups in total. The molecule has 0 amide bonds. The Bertz CT molecular complexity index is 335. The molecule has 1 aliphatic carbocycles. The van der Waals surface area contributed by atoms with Crippen molar-refractivity contribution in [3.05, 3.63) is 11.7 Å². The molecule has 2 heterocycles. The minimum absolute atomic E-state index is 0.532. The molecule has 0 bridgehead atoms. The Hall–Kier alpha value is -0.900. The first kappa shape index (κ1) is 8.41. The second kappa shape index (κ2) is 2.79. The minimum Gasteiger partial charge on any atom is -0.339 e. The molecule has 2 aliphatic rings. The van der Waals surface area contributed by atoms with E-state index in [1.807, 2.05) is 6.92 Å². The van der Waals surface area contributed by atoms with Gasteiger partial charge >= 0.3 is 0 Å². The van der Waals surface area contributed by atoms with Crippen LogP contribution in [0.2, 0.25) is 0 Å². The van der Waals surface area contributed by atoms with Crippen molar-refractivity contribution in [2.24, 2.45) is 5.41 Å². The molecule has 2 fully saturated rings. The molecular formula is C10H15N3O. The molecule has 1 aromatic rings. The van der Waals surface area contributed by atoms with Gasteiger partial charge in [0.1, 0.15) is 0 Å². The maximum absolute atomic E-state index is 5.24. The molecule has 4 nitrogen and oxygen atoms in total. The van der Waals surface area contributed by atoms with Crippen LogP contribution in [0.5, 0.6) is 0 Å². The lowest BCUT2D eigenvalue weighted by Crippen LogP contribution is -2.59. The average Bonchev–Trinajstić information content (AvgIpc) is 2.47. The Balaban J connectivity index is 1.67. The first-order valence-corrected chi connectivity index (χ1v) is 5.34. The van der Waals surface area contributed by atoms with Crippen molar-refractivity contribution in [1.29, 1.82) is 0 Å². The Morgan fingerprint density at radius 2 is 2.29 bits per heavy atom. The topological polar surface area (TPSA) is 51.0 Å². The zero-order chi connectivity index (χ0) is 9.60. The quantitative estimate of drug-likeness (QED) is 0.764. The zero-order valence-electron chi connectivity index (χ0n) is 8.42. The molecule has 4 heteroatoms. The standard InChI is InChI=1S/C10H15N3O/c1-2-8-12-9(14-13-8)7-3-10(4-7)5-11-6-10/h7,11H,2-6H2,1H3. The van der Waals surface area contributed by atoms with Gasteiger partial charge in [-0.1, -0.05) is 12.1 Å². The summed E-state index contributed by atoms with van der Waals surface area (Å²) in [5.41, 5.74) is 0.589. The van der Waals surface area contributed by atoms with Gasteiger partial charge < -0.3 is 9.84 Å². The van der Waals surface area contributed by atoms with Gasteiger partial charge in [0.05, 0.1) is 0 Å². The number of nitrogens with zero attached hydrogens (tertiary/aromatic N) is 2. The van der Waals surface area contributed by atoms with Crippen LogP contribution < -0.4 is 5.32 Å². The Labute approximate surface area is 83.1 Å². The SMILES string of the molecule is CCc1noc(C2CC3(CNC3)C2)n1. The molecule has 0 unspecified atom stereocenters. The molecule has 0 aromatic carbocycles. The van der Waals surface area contributed by atoms with E-state index in [1.165, 1.54) is 25.9 Å². The summed E-state index contributed by atoms with van der Waals surface area (Å²) in [6.07, 6.45) is 3.32. The molecule has 1 saturated heterocycles. The molecule has 76 valence electrons. The van der Waals surface area contributed by atoms with Crippen LogP contribution >= 0.6 is 0 Å². The van der Waals surface area contributed by atoms with E-state index < -0.39 is 0 Å². The van der Waals surface area contributed by atoms with Gasteiger partial charge in [0.2, 0.25) is 5.89 Å². The highest BCUT2D eigenvalue weighted by atomic mass is 16.5. The van der Waals surface area contributed by atoms with Crippen molar-refractivity contribution in [3.63, 3.8) is 0 Å². The summed E-state index contributed by atoms with van der Waals surface area (Å²) in [6.45, 7) is 4.41. The van der Waals surface area contributed by atoms with E-state index in [1.54, 1.807) is 0 Å². The summed E-state index contributed by atoms with van der Waals surface area (Å²) >= 11 is 0. The van der Waals surface area contributed by atoms with Crippen LogP contribution in [0.3, 0.4) is 0 Å². The summed E-state index contributed by atoms with van der Waals surface area (Å²) in [5.74, 6) is 2.23. The van der Waals surface area contributed by atoms with Gasteiger partial charge in [-0.3, -0.25) is 0 Å². The molecule has 3 rings (SSSR count). The molecule has 1 aromatic heterocycles. The fourth-order valence-electron chi connectivity index (χ4n) is 2.50. The van der Waals surface area contributed by atoms with Crippen LogP contribution in [0.25, 0.3) is 0 Å². The Morgan fingerprint density at radius 3 is 2.79 bits per heavy atom. The fraction of sp³-hybridized carbons (Fsp3) is 0.800. The molecule has 1 aliphatic heterocycles. The van der Waals surface area contributed by atoms with Gasteiger partial charge in [-0.2, -0.15) is 4.98 Å². The normalized spacial score (nSPS) is 24.6. The summed E-state index contributed by atoms with van der Waals surface area (Å²) in [6, 6.07) is 0. The predicted octanol–water partition coefficient (Wildman–Crippen LogP) is 1.10. The van der Waals surface area contributed by atoms with Crippen molar-refractivity contribution in [2.45, 2.75) is 32.1 Å². The number of aryl methyl sites for hydroxylation is 1. The van der Waals surface area contributed by atoms with E-state index >= 15 is 0 Å². The maximum atomic E-state index is 5.24. The van der Waals surface area contributed by atoms with Gasteiger partial charge in [0.15, 0.2) is 5.82 Å². The van der Waals surface area contributed by atoms with Gasteiger partial charge in [0.25, 0.3) is 0 Å². The summed E-state index contributed by atoms with van der Waals surface area (Å²) < 4.78 is 5.24. The first-order chi connectivity index (χ1) is 6.81.